The molecule has 35 heavy (non-hydrogen) atoms. The summed E-state index contributed by atoms with van der Waals surface area (Å²) in [4.78, 5) is 13.1. The number of carbonyl (C=O) groups excluding carboxylic acids is 1. The molecule has 0 saturated heterocycles. The van der Waals surface area contributed by atoms with Crippen LogP contribution in [0.15, 0.2) is 47.4 Å². The average molecular weight is 501 g/mol. The summed E-state index contributed by atoms with van der Waals surface area (Å²) in [6.45, 7) is 6.43. The van der Waals surface area contributed by atoms with Gasteiger partial charge in [-0.25, -0.2) is 8.42 Å². The van der Waals surface area contributed by atoms with Gasteiger partial charge in [0.25, 0.3) is 15.9 Å². The summed E-state index contributed by atoms with van der Waals surface area (Å²) in [6, 6.07) is 12.7. The van der Waals surface area contributed by atoms with Crippen LogP contribution in [0.2, 0.25) is 0 Å². The van der Waals surface area contributed by atoms with E-state index in [-0.39, 0.29) is 11.4 Å². The topological polar surface area (TPSA) is 84.9 Å². The fraction of sp³-hybridized carbons (Fsp3) is 0.444. The molecule has 2 aromatic rings. The van der Waals surface area contributed by atoms with E-state index in [1.165, 1.54) is 18.5 Å². The number of fused-ring (bicyclic) bond motifs is 1. The Labute approximate surface area is 209 Å². The first-order valence-electron chi connectivity index (χ1n) is 12.1. The van der Waals surface area contributed by atoms with E-state index in [1.807, 2.05) is 30.3 Å². The van der Waals surface area contributed by atoms with Gasteiger partial charge in [0, 0.05) is 18.2 Å². The Hall–Kier alpha value is -3.00. The van der Waals surface area contributed by atoms with Gasteiger partial charge in [-0.05, 0) is 36.5 Å². The molecule has 0 saturated carbocycles. The minimum atomic E-state index is -4.14. The third kappa shape index (κ3) is 5.64. The van der Waals surface area contributed by atoms with Crippen LogP contribution in [-0.4, -0.2) is 35.1 Å². The van der Waals surface area contributed by atoms with Crippen LogP contribution in [0.5, 0.6) is 11.5 Å². The first-order chi connectivity index (χ1) is 16.8. The van der Waals surface area contributed by atoms with Gasteiger partial charge in [-0.3, -0.25) is 9.10 Å². The Morgan fingerprint density at radius 3 is 2.31 bits per heavy atom. The first-order valence-corrected chi connectivity index (χ1v) is 13.5. The molecule has 1 heterocycles. The predicted octanol–water partition coefficient (Wildman–Crippen LogP) is 5.12. The molecule has 2 aromatic carbocycles. The Bertz CT molecular complexity index is 1180. The molecule has 1 amide bonds. The molecule has 7 nitrogen and oxygen atoms in total. The van der Waals surface area contributed by atoms with Crippen molar-refractivity contribution in [3.8, 4) is 11.5 Å². The molecule has 1 N–H and O–H groups in total. The van der Waals surface area contributed by atoms with Crippen LogP contribution in [-0.2, 0) is 21.4 Å². The number of ether oxygens (including phenoxy) is 2. The van der Waals surface area contributed by atoms with E-state index in [2.05, 4.69) is 19.2 Å². The van der Waals surface area contributed by atoms with Gasteiger partial charge < -0.3 is 14.8 Å². The molecule has 0 bridgehead atoms. The molecule has 3 rings (SSSR count). The SMILES string of the molecule is CCCC[C@@H](CC)CNC(=O)C1=C(C)c2cc(OC)c(OC)cc2N(Cc2ccccc2)S1(=O)=O. The van der Waals surface area contributed by atoms with Crippen molar-refractivity contribution in [2.75, 3.05) is 25.1 Å². The minimum absolute atomic E-state index is 0.0871. The molecule has 190 valence electrons. The summed E-state index contributed by atoms with van der Waals surface area (Å²) in [7, 11) is -1.10. The van der Waals surface area contributed by atoms with E-state index in [9.17, 15) is 13.2 Å². The summed E-state index contributed by atoms with van der Waals surface area (Å²) in [5.41, 5.74) is 2.28. The number of nitrogens with one attached hydrogen (secondary N) is 1. The van der Waals surface area contributed by atoms with Crippen molar-refractivity contribution in [2.45, 2.75) is 53.0 Å². The lowest BCUT2D eigenvalue weighted by molar-refractivity contribution is -0.117. The molecule has 0 fully saturated rings. The smallest absolute Gasteiger partial charge is 0.270 e. The summed E-state index contributed by atoms with van der Waals surface area (Å²) in [6.07, 6.45) is 4.08. The van der Waals surface area contributed by atoms with Gasteiger partial charge in [0.05, 0.1) is 26.5 Å². The summed E-state index contributed by atoms with van der Waals surface area (Å²) in [5.74, 6) is 0.621. The molecule has 0 aromatic heterocycles. The average Bonchev–Trinajstić information content (AvgIpc) is 2.86. The predicted molar refractivity (Wildman–Crippen MR) is 140 cm³/mol. The van der Waals surface area contributed by atoms with Crippen LogP contribution >= 0.6 is 0 Å². The second-order valence-corrected chi connectivity index (χ2v) is 10.6. The van der Waals surface area contributed by atoms with E-state index < -0.39 is 15.9 Å². The van der Waals surface area contributed by atoms with Crippen LogP contribution in [0.3, 0.4) is 0 Å². The summed E-state index contributed by atoms with van der Waals surface area (Å²) < 4.78 is 40.0. The standard InChI is InChI=1S/C27H36N2O5S/c1-6-8-12-20(7-2)17-28-27(30)26-19(3)22-15-24(33-4)25(34-5)16-23(22)29(35(26,31)32)18-21-13-10-9-11-14-21/h9-11,13-16,20H,6-8,12,17-18H2,1-5H3,(H,28,30)/t20-/m1/s1. The molecule has 0 spiro atoms. The zero-order valence-electron chi connectivity index (χ0n) is 21.3. The third-order valence-corrected chi connectivity index (χ3v) is 8.45. The number of anilines is 1. The molecule has 1 aliphatic rings. The number of hydrogen-bond acceptors (Lipinski definition) is 5. The van der Waals surface area contributed by atoms with Gasteiger partial charge >= 0.3 is 0 Å². The number of methoxy groups -OCH3 is 2. The summed E-state index contributed by atoms with van der Waals surface area (Å²) in [5, 5.41) is 2.91. The maximum Gasteiger partial charge on any atom is 0.270 e. The molecule has 0 radical (unpaired) electrons. The number of benzene rings is 2. The van der Waals surface area contributed by atoms with E-state index in [0.717, 1.165) is 31.2 Å². The number of rotatable bonds is 11. The van der Waals surface area contributed by atoms with Crippen molar-refractivity contribution in [1.82, 2.24) is 5.32 Å². The van der Waals surface area contributed by atoms with Gasteiger partial charge in [-0.15, -0.1) is 0 Å². The van der Waals surface area contributed by atoms with Crippen molar-refractivity contribution >= 4 is 27.2 Å². The number of amides is 1. The van der Waals surface area contributed by atoms with Crippen molar-refractivity contribution < 1.29 is 22.7 Å². The second-order valence-electron chi connectivity index (χ2n) is 8.80. The molecule has 0 aliphatic carbocycles. The Morgan fingerprint density at radius 2 is 1.71 bits per heavy atom. The van der Waals surface area contributed by atoms with Crippen LogP contribution in [0.1, 0.15) is 57.6 Å². The lowest BCUT2D eigenvalue weighted by atomic mass is 9.99. The van der Waals surface area contributed by atoms with Gasteiger partial charge in [-0.2, -0.15) is 0 Å². The fourth-order valence-corrected chi connectivity index (χ4v) is 6.15. The molecule has 8 heteroatoms. The first kappa shape index (κ1) is 26.6. The maximum atomic E-state index is 13.9. The second kappa shape index (κ2) is 11.6. The van der Waals surface area contributed by atoms with Crippen LogP contribution in [0.25, 0.3) is 5.57 Å². The highest BCUT2D eigenvalue weighted by molar-refractivity contribution is 7.97. The zero-order chi connectivity index (χ0) is 25.6. The minimum Gasteiger partial charge on any atom is -0.493 e. The van der Waals surface area contributed by atoms with Gasteiger partial charge in [-0.1, -0.05) is 63.4 Å². The summed E-state index contributed by atoms with van der Waals surface area (Å²) >= 11 is 0. The third-order valence-electron chi connectivity index (χ3n) is 6.53. The largest absolute Gasteiger partial charge is 0.493 e. The van der Waals surface area contributed by atoms with Crippen molar-refractivity contribution in [2.24, 2.45) is 5.92 Å². The highest BCUT2D eigenvalue weighted by Crippen LogP contribution is 2.45. The van der Waals surface area contributed by atoms with E-state index in [0.29, 0.717) is 40.8 Å². The van der Waals surface area contributed by atoms with Gasteiger partial charge in [0.2, 0.25) is 0 Å². The van der Waals surface area contributed by atoms with Crippen LogP contribution in [0.4, 0.5) is 5.69 Å². The molecular formula is C27H36N2O5S. The highest BCUT2D eigenvalue weighted by atomic mass is 32.2. The molecular weight excluding hydrogens is 464 g/mol. The Balaban J connectivity index is 2.08. The number of sulfonamides is 1. The van der Waals surface area contributed by atoms with E-state index >= 15 is 0 Å². The van der Waals surface area contributed by atoms with Crippen LogP contribution < -0.4 is 19.1 Å². The quantitative estimate of drug-likeness (QED) is 0.463. The number of unbranched alkanes of at least 4 members (excludes halogenated alkanes) is 1. The number of carbonyl (C=O) groups is 1. The molecule has 1 aliphatic heterocycles. The monoisotopic (exact) mass is 500 g/mol. The van der Waals surface area contributed by atoms with Crippen molar-refractivity contribution in [1.29, 1.82) is 0 Å². The van der Waals surface area contributed by atoms with Gasteiger partial charge in [0.1, 0.15) is 0 Å². The van der Waals surface area contributed by atoms with Gasteiger partial charge in [0.15, 0.2) is 16.4 Å². The zero-order valence-corrected chi connectivity index (χ0v) is 22.1. The van der Waals surface area contributed by atoms with Crippen LogP contribution in [0, 0.1) is 5.92 Å². The normalized spacial score (nSPS) is 15.4. The van der Waals surface area contributed by atoms with E-state index in [4.69, 9.17) is 9.47 Å². The maximum absolute atomic E-state index is 13.9. The van der Waals surface area contributed by atoms with Crippen molar-refractivity contribution in [3.63, 3.8) is 0 Å². The Morgan fingerprint density at radius 1 is 1.06 bits per heavy atom. The lowest BCUT2D eigenvalue weighted by Gasteiger charge is -2.33. The molecule has 1 atom stereocenters. The number of allylic oxidation sites excluding steroid dienone is 1. The highest BCUT2D eigenvalue weighted by Gasteiger charge is 2.40. The Kier molecular flexibility index (Phi) is 8.83. The number of hydrogen-bond donors (Lipinski definition) is 1. The molecule has 0 unspecified atom stereocenters. The van der Waals surface area contributed by atoms with Crippen molar-refractivity contribution in [3.05, 3.63) is 58.5 Å². The van der Waals surface area contributed by atoms with E-state index in [1.54, 1.807) is 19.1 Å². The lowest BCUT2D eigenvalue weighted by Crippen LogP contribution is -2.41. The number of nitrogens with zero attached hydrogens (tertiary/aromatic N) is 1. The fourth-order valence-electron chi connectivity index (χ4n) is 4.40.